The number of aromatic amines is 1. The maximum Gasteiger partial charge on any atom is 0.343 e. The highest BCUT2D eigenvalue weighted by Gasteiger charge is 2.11. The summed E-state index contributed by atoms with van der Waals surface area (Å²) in [5, 5.41) is 9.71. The van der Waals surface area contributed by atoms with Gasteiger partial charge in [0.15, 0.2) is 5.16 Å². The third-order valence-electron chi connectivity index (χ3n) is 3.43. The van der Waals surface area contributed by atoms with Crippen LogP contribution in [-0.2, 0) is 22.6 Å². The molecule has 25 heavy (non-hydrogen) atoms. The molecular weight excluding hydrogens is 344 g/mol. The lowest BCUT2D eigenvalue weighted by atomic mass is 10.2. The number of thioether (sulfide) groups is 1. The summed E-state index contributed by atoms with van der Waals surface area (Å²) in [6.45, 7) is 1.49. The summed E-state index contributed by atoms with van der Waals surface area (Å²) in [6.07, 6.45) is 0.702. The van der Waals surface area contributed by atoms with Gasteiger partial charge in [-0.2, -0.15) is 0 Å². The number of benzene rings is 1. The molecule has 8 nitrogen and oxygen atoms in total. The Morgan fingerprint density at radius 3 is 2.76 bits per heavy atom. The molecule has 0 aliphatic rings. The van der Waals surface area contributed by atoms with E-state index in [-0.39, 0.29) is 17.3 Å². The van der Waals surface area contributed by atoms with Crippen molar-refractivity contribution in [2.24, 2.45) is 0 Å². The molecule has 136 valence electrons. The average molecular weight is 366 g/mol. The van der Waals surface area contributed by atoms with Crippen LogP contribution in [0.15, 0.2) is 34.2 Å². The summed E-state index contributed by atoms with van der Waals surface area (Å²) >= 11 is 1.22. The van der Waals surface area contributed by atoms with E-state index in [1.807, 2.05) is 24.3 Å². The van der Waals surface area contributed by atoms with Gasteiger partial charge in [-0.25, -0.2) is 9.89 Å². The van der Waals surface area contributed by atoms with Crippen molar-refractivity contribution in [3.8, 4) is 5.75 Å². The molecule has 1 aromatic heterocycles. The smallest absolute Gasteiger partial charge is 0.343 e. The van der Waals surface area contributed by atoms with E-state index in [1.54, 1.807) is 14.2 Å². The Morgan fingerprint density at radius 1 is 1.32 bits per heavy atom. The first kappa shape index (κ1) is 19.1. The lowest BCUT2D eigenvalue weighted by molar-refractivity contribution is -0.118. The molecule has 0 saturated carbocycles. The third kappa shape index (κ3) is 5.95. The van der Waals surface area contributed by atoms with Crippen LogP contribution in [0.2, 0.25) is 0 Å². The standard InChI is InChI=1S/C16H22N4O4S/c1-23-9-3-8-20-15(22)18-19-16(20)25-11-14(21)17-10-12-4-6-13(24-2)7-5-12/h4-7H,3,8-11H2,1-2H3,(H,17,21)(H,18,22). The minimum Gasteiger partial charge on any atom is -0.497 e. The minimum absolute atomic E-state index is 0.125. The fraction of sp³-hybridized carbons (Fsp3) is 0.438. The SMILES string of the molecule is COCCCn1c(SCC(=O)NCc2ccc(OC)cc2)n[nH]c1=O. The van der Waals surface area contributed by atoms with Crippen molar-refractivity contribution in [3.63, 3.8) is 0 Å². The number of ether oxygens (including phenoxy) is 2. The molecule has 2 N–H and O–H groups in total. The molecular formula is C16H22N4O4S. The molecule has 1 aromatic carbocycles. The largest absolute Gasteiger partial charge is 0.497 e. The maximum absolute atomic E-state index is 12.0. The van der Waals surface area contributed by atoms with E-state index < -0.39 is 0 Å². The van der Waals surface area contributed by atoms with Gasteiger partial charge in [0.1, 0.15) is 5.75 Å². The monoisotopic (exact) mass is 366 g/mol. The second-order valence-electron chi connectivity index (χ2n) is 5.22. The van der Waals surface area contributed by atoms with Crippen LogP contribution in [0.4, 0.5) is 0 Å². The van der Waals surface area contributed by atoms with Gasteiger partial charge in [0.2, 0.25) is 5.91 Å². The van der Waals surface area contributed by atoms with Crippen molar-refractivity contribution in [1.29, 1.82) is 0 Å². The number of amides is 1. The van der Waals surface area contributed by atoms with E-state index in [2.05, 4.69) is 15.5 Å². The van der Waals surface area contributed by atoms with E-state index in [4.69, 9.17) is 9.47 Å². The molecule has 0 bridgehead atoms. The summed E-state index contributed by atoms with van der Waals surface area (Å²) in [5.74, 6) is 0.834. The number of hydrogen-bond acceptors (Lipinski definition) is 6. The predicted molar refractivity (Wildman–Crippen MR) is 94.9 cm³/mol. The first-order valence-corrected chi connectivity index (χ1v) is 8.79. The van der Waals surface area contributed by atoms with Gasteiger partial charge in [0, 0.05) is 26.8 Å². The van der Waals surface area contributed by atoms with Gasteiger partial charge in [0.25, 0.3) is 0 Å². The highest BCUT2D eigenvalue weighted by molar-refractivity contribution is 7.99. The Hall–Kier alpha value is -2.26. The van der Waals surface area contributed by atoms with Crippen LogP contribution < -0.4 is 15.7 Å². The van der Waals surface area contributed by atoms with E-state index in [9.17, 15) is 9.59 Å². The first-order chi connectivity index (χ1) is 12.1. The lowest BCUT2D eigenvalue weighted by Crippen LogP contribution is -2.25. The third-order valence-corrected chi connectivity index (χ3v) is 4.41. The Labute approximate surface area is 149 Å². The maximum atomic E-state index is 12.0. The minimum atomic E-state index is -0.280. The number of carbonyl (C=O) groups excluding carboxylic acids is 1. The van der Waals surface area contributed by atoms with E-state index in [0.29, 0.717) is 31.3 Å². The van der Waals surface area contributed by atoms with Gasteiger partial charge < -0.3 is 14.8 Å². The Morgan fingerprint density at radius 2 is 2.08 bits per heavy atom. The second-order valence-corrected chi connectivity index (χ2v) is 6.17. The second kappa shape index (κ2) is 9.90. The van der Waals surface area contributed by atoms with Gasteiger partial charge >= 0.3 is 5.69 Å². The Balaban J connectivity index is 1.80. The zero-order valence-corrected chi connectivity index (χ0v) is 15.1. The molecule has 2 aromatic rings. The summed E-state index contributed by atoms with van der Waals surface area (Å²) in [7, 11) is 3.22. The quantitative estimate of drug-likeness (QED) is 0.481. The van der Waals surface area contributed by atoms with E-state index in [0.717, 1.165) is 11.3 Å². The Bertz CT molecular complexity index is 726. The summed E-state index contributed by atoms with van der Waals surface area (Å²) < 4.78 is 11.6. The Kier molecular flexibility index (Phi) is 7.55. The molecule has 0 aliphatic carbocycles. The number of methoxy groups -OCH3 is 2. The molecule has 1 heterocycles. The molecule has 0 radical (unpaired) electrons. The first-order valence-electron chi connectivity index (χ1n) is 7.80. The van der Waals surface area contributed by atoms with Crippen molar-refractivity contribution in [2.45, 2.75) is 24.7 Å². The summed E-state index contributed by atoms with van der Waals surface area (Å²) in [5.41, 5.74) is 0.702. The van der Waals surface area contributed by atoms with Gasteiger partial charge in [0.05, 0.1) is 12.9 Å². The van der Waals surface area contributed by atoms with Gasteiger partial charge in [-0.05, 0) is 24.1 Å². The molecule has 0 fully saturated rings. The van der Waals surface area contributed by atoms with E-state index >= 15 is 0 Å². The summed E-state index contributed by atoms with van der Waals surface area (Å²) in [6, 6.07) is 7.48. The molecule has 0 atom stereocenters. The number of nitrogens with zero attached hydrogens (tertiary/aromatic N) is 2. The average Bonchev–Trinajstić information content (AvgIpc) is 2.99. The number of nitrogens with one attached hydrogen (secondary N) is 2. The zero-order chi connectivity index (χ0) is 18.1. The van der Waals surface area contributed by atoms with Gasteiger partial charge in [-0.15, -0.1) is 5.10 Å². The topological polar surface area (TPSA) is 98.2 Å². The molecule has 0 aliphatic heterocycles. The van der Waals surface area contributed by atoms with Crippen LogP contribution >= 0.6 is 11.8 Å². The molecule has 0 unspecified atom stereocenters. The zero-order valence-electron chi connectivity index (χ0n) is 14.3. The van der Waals surface area contributed by atoms with Crippen LogP contribution in [0.5, 0.6) is 5.75 Å². The number of rotatable bonds is 10. The van der Waals surface area contributed by atoms with Crippen LogP contribution in [-0.4, -0.2) is 47.3 Å². The van der Waals surface area contributed by atoms with Crippen molar-refractivity contribution in [2.75, 3.05) is 26.6 Å². The van der Waals surface area contributed by atoms with Gasteiger partial charge in [-0.3, -0.25) is 9.36 Å². The van der Waals surface area contributed by atoms with Crippen LogP contribution in [0.25, 0.3) is 0 Å². The number of aromatic nitrogens is 3. The number of hydrogen-bond donors (Lipinski definition) is 2. The highest BCUT2D eigenvalue weighted by atomic mass is 32.2. The van der Waals surface area contributed by atoms with E-state index in [1.165, 1.54) is 16.3 Å². The lowest BCUT2D eigenvalue weighted by Gasteiger charge is -2.07. The van der Waals surface area contributed by atoms with Crippen LogP contribution in [0.3, 0.4) is 0 Å². The molecule has 1 amide bonds. The summed E-state index contributed by atoms with van der Waals surface area (Å²) in [4.78, 5) is 23.7. The molecule has 9 heteroatoms. The van der Waals surface area contributed by atoms with Crippen molar-refractivity contribution in [3.05, 3.63) is 40.3 Å². The molecule has 0 saturated heterocycles. The molecule has 2 rings (SSSR count). The normalized spacial score (nSPS) is 10.6. The van der Waals surface area contributed by atoms with Crippen LogP contribution in [0, 0.1) is 0 Å². The fourth-order valence-corrected chi connectivity index (χ4v) is 2.91. The fourth-order valence-electron chi connectivity index (χ4n) is 2.10. The number of H-pyrrole nitrogens is 1. The van der Waals surface area contributed by atoms with Crippen molar-refractivity contribution < 1.29 is 14.3 Å². The van der Waals surface area contributed by atoms with Crippen molar-refractivity contribution >= 4 is 17.7 Å². The van der Waals surface area contributed by atoms with Crippen molar-refractivity contribution in [1.82, 2.24) is 20.1 Å². The molecule has 0 spiro atoms. The predicted octanol–water partition coefficient (Wildman–Crippen LogP) is 1.03. The number of carbonyl (C=O) groups is 1. The van der Waals surface area contributed by atoms with Gasteiger partial charge in [-0.1, -0.05) is 23.9 Å². The van der Waals surface area contributed by atoms with Crippen LogP contribution in [0.1, 0.15) is 12.0 Å². The highest BCUT2D eigenvalue weighted by Crippen LogP contribution is 2.14.